The maximum atomic E-state index is 12.6. The van der Waals surface area contributed by atoms with E-state index in [1.165, 1.54) is 31.0 Å². The second-order valence-corrected chi connectivity index (χ2v) is 9.78. The summed E-state index contributed by atoms with van der Waals surface area (Å²) in [7, 11) is 0. The first-order valence-corrected chi connectivity index (χ1v) is 12.6. The summed E-state index contributed by atoms with van der Waals surface area (Å²) in [6, 6.07) is 5.90. The van der Waals surface area contributed by atoms with Crippen LogP contribution in [0.25, 0.3) is 0 Å². The second kappa shape index (κ2) is 10.6. The average Bonchev–Trinajstić information content (AvgIpc) is 3.35. The van der Waals surface area contributed by atoms with E-state index in [0.717, 1.165) is 52.2 Å². The molecule has 3 aromatic rings. The number of hydrogen-bond donors (Lipinski definition) is 2. The Morgan fingerprint density at radius 1 is 1.24 bits per heavy atom. The summed E-state index contributed by atoms with van der Waals surface area (Å²) in [5, 5.41) is 20.2. The highest BCUT2D eigenvalue weighted by Crippen LogP contribution is 2.33. The molecule has 1 aromatic carbocycles. The lowest BCUT2D eigenvalue weighted by molar-refractivity contribution is -0.113. The van der Waals surface area contributed by atoms with Gasteiger partial charge in [0.25, 0.3) is 0 Å². The first kappa shape index (κ1) is 23.6. The van der Waals surface area contributed by atoms with E-state index >= 15 is 0 Å². The highest BCUT2D eigenvalue weighted by atomic mass is 35.5. The summed E-state index contributed by atoms with van der Waals surface area (Å²) in [5.74, 6) is 1.70. The maximum absolute atomic E-state index is 12.6. The van der Waals surface area contributed by atoms with E-state index in [1.54, 1.807) is 0 Å². The number of halogens is 1. The number of ether oxygens (including phenoxy) is 1. The summed E-state index contributed by atoms with van der Waals surface area (Å²) >= 11 is 7.47. The van der Waals surface area contributed by atoms with Crippen LogP contribution in [0.3, 0.4) is 0 Å². The van der Waals surface area contributed by atoms with Crippen molar-refractivity contribution in [3.8, 4) is 5.75 Å². The number of thioether (sulfide) groups is 1. The average molecular weight is 489 g/mol. The topological polar surface area (TPSA) is 97.7 Å². The number of anilines is 1. The lowest BCUT2D eigenvalue weighted by Gasteiger charge is -2.25. The third-order valence-corrected chi connectivity index (χ3v) is 7.07. The van der Waals surface area contributed by atoms with Gasteiger partial charge in [0.15, 0.2) is 11.0 Å². The molecule has 0 radical (unpaired) electrons. The monoisotopic (exact) mass is 488 g/mol. The molecule has 8 nitrogen and oxygen atoms in total. The van der Waals surface area contributed by atoms with Gasteiger partial charge >= 0.3 is 0 Å². The number of aryl methyl sites for hydroxylation is 3. The summed E-state index contributed by atoms with van der Waals surface area (Å²) in [5.41, 5.74) is 3.32. The Balaban J connectivity index is 1.47. The molecule has 1 amide bonds. The smallest absolute Gasteiger partial charge is 0.234 e. The summed E-state index contributed by atoms with van der Waals surface area (Å²) in [6.45, 7) is 6.03. The lowest BCUT2D eigenvalue weighted by atomic mass is 9.95. The molecule has 10 heteroatoms. The van der Waals surface area contributed by atoms with Crippen LogP contribution in [-0.2, 0) is 11.4 Å². The van der Waals surface area contributed by atoms with Gasteiger partial charge in [-0.2, -0.15) is 5.10 Å². The fraction of sp³-hybridized carbons (Fsp3) is 0.478. The van der Waals surface area contributed by atoms with Crippen LogP contribution in [0.4, 0.5) is 5.69 Å². The Morgan fingerprint density at radius 2 is 2.03 bits per heavy atom. The molecule has 0 unspecified atom stereocenters. The van der Waals surface area contributed by atoms with Crippen molar-refractivity contribution < 1.29 is 9.53 Å². The zero-order valence-corrected chi connectivity index (χ0v) is 20.7. The van der Waals surface area contributed by atoms with Crippen LogP contribution in [0.2, 0.25) is 5.02 Å². The molecule has 1 fully saturated rings. The molecule has 0 saturated heterocycles. The van der Waals surface area contributed by atoms with Crippen molar-refractivity contribution >= 4 is 35.0 Å². The van der Waals surface area contributed by atoms with E-state index in [9.17, 15) is 4.79 Å². The van der Waals surface area contributed by atoms with Crippen LogP contribution >= 0.6 is 23.4 Å². The normalized spacial score (nSPS) is 14.4. The van der Waals surface area contributed by atoms with Gasteiger partial charge < -0.3 is 10.1 Å². The van der Waals surface area contributed by atoms with Crippen molar-refractivity contribution in [2.24, 2.45) is 0 Å². The SMILES string of the molecule is Cc1cc(Cl)ccc1OCc1nnc(SCC(=O)Nc2c(C)n[nH]c2C)n1C1CCCCC1. The molecule has 1 aliphatic carbocycles. The Bertz CT molecular complexity index is 1100. The number of aromatic nitrogens is 5. The van der Waals surface area contributed by atoms with E-state index in [2.05, 4.69) is 30.3 Å². The molecular weight excluding hydrogens is 460 g/mol. The molecule has 2 aromatic heterocycles. The van der Waals surface area contributed by atoms with Gasteiger partial charge in [0, 0.05) is 11.1 Å². The largest absolute Gasteiger partial charge is 0.485 e. The van der Waals surface area contributed by atoms with Crippen molar-refractivity contribution in [2.75, 3.05) is 11.1 Å². The fourth-order valence-corrected chi connectivity index (χ4v) is 5.22. The number of nitrogens with zero attached hydrogens (tertiary/aromatic N) is 4. The number of benzene rings is 1. The van der Waals surface area contributed by atoms with Crippen LogP contribution < -0.4 is 10.1 Å². The van der Waals surface area contributed by atoms with Crippen molar-refractivity contribution in [2.45, 2.75) is 70.7 Å². The minimum Gasteiger partial charge on any atom is -0.485 e. The van der Waals surface area contributed by atoms with Gasteiger partial charge in [0.05, 0.1) is 22.8 Å². The number of carbonyl (C=O) groups excluding carboxylic acids is 1. The first-order chi connectivity index (χ1) is 15.9. The summed E-state index contributed by atoms with van der Waals surface area (Å²) in [6.07, 6.45) is 5.78. The van der Waals surface area contributed by atoms with E-state index < -0.39 is 0 Å². The van der Waals surface area contributed by atoms with Crippen LogP contribution in [0.1, 0.15) is 60.9 Å². The number of amides is 1. The highest BCUT2D eigenvalue weighted by molar-refractivity contribution is 7.99. The van der Waals surface area contributed by atoms with Crippen molar-refractivity contribution in [3.05, 3.63) is 46.0 Å². The number of aromatic amines is 1. The Kier molecular flexibility index (Phi) is 7.60. The molecule has 0 bridgehead atoms. The van der Waals surface area contributed by atoms with Crippen LogP contribution in [0, 0.1) is 20.8 Å². The van der Waals surface area contributed by atoms with E-state index in [0.29, 0.717) is 17.7 Å². The number of nitrogens with one attached hydrogen (secondary N) is 2. The van der Waals surface area contributed by atoms with Crippen molar-refractivity contribution in [3.63, 3.8) is 0 Å². The third kappa shape index (κ3) is 5.70. The maximum Gasteiger partial charge on any atom is 0.234 e. The van der Waals surface area contributed by atoms with Gasteiger partial charge in [0.2, 0.25) is 5.91 Å². The Hall–Kier alpha value is -2.52. The van der Waals surface area contributed by atoms with Crippen molar-refractivity contribution in [1.82, 2.24) is 25.0 Å². The van der Waals surface area contributed by atoms with Crippen molar-refractivity contribution in [1.29, 1.82) is 0 Å². The van der Waals surface area contributed by atoms with E-state index in [4.69, 9.17) is 16.3 Å². The minimum absolute atomic E-state index is 0.0969. The van der Waals surface area contributed by atoms with Crippen LogP contribution in [0.5, 0.6) is 5.75 Å². The Labute approximate surface area is 202 Å². The summed E-state index contributed by atoms with van der Waals surface area (Å²) < 4.78 is 8.24. The predicted molar refractivity (Wildman–Crippen MR) is 130 cm³/mol. The summed E-state index contributed by atoms with van der Waals surface area (Å²) in [4.78, 5) is 12.6. The lowest BCUT2D eigenvalue weighted by Crippen LogP contribution is -2.19. The number of carbonyl (C=O) groups is 1. The molecule has 0 aliphatic heterocycles. The molecule has 0 spiro atoms. The molecular formula is C23H29ClN6O2S. The minimum atomic E-state index is -0.0969. The predicted octanol–water partition coefficient (Wildman–Crippen LogP) is 5.39. The second-order valence-electron chi connectivity index (χ2n) is 8.41. The van der Waals surface area contributed by atoms with Gasteiger partial charge in [-0.05, 0) is 57.4 Å². The molecule has 2 N–H and O–H groups in total. The van der Waals surface area contributed by atoms with Crippen LogP contribution in [0.15, 0.2) is 23.4 Å². The zero-order chi connectivity index (χ0) is 23.4. The Morgan fingerprint density at radius 3 is 2.73 bits per heavy atom. The van der Waals surface area contributed by atoms with Crippen LogP contribution in [-0.4, -0.2) is 36.6 Å². The quantitative estimate of drug-likeness (QED) is 0.412. The molecule has 33 heavy (non-hydrogen) atoms. The standard InChI is InChI=1S/C23H29ClN6O2S/c1-14-11-17(24)9-10-19(14)32-12-20-28-29-23(30(20)18-7-5-4-6-8-18)33-13-21(31)25-22-15(2)26-27-16(22)3/h9-11,18H,4-8,12-13H2,1-3H3,(H,25,31)(H,26,27). The van der Waals surface area contributed by atoms with E-state index in [1.807, 2.05) is 39.0 Å². The molecule has 2 heterocycles. The molecule has 4 rings (SSSR count). The van der Waals surface area contributed by atoms with Gasteiger partial charge in [-0.25, -0.2) is 0 Å². The number of H-pyrrole nitrogens is 1. The number of hydrogen-bond acceptors (Lipinski definition) is 6. The molecule has 1 aliphatic rings. The van der Waals surface area contributed by atoms with Gasteiger partial charge in [-0.15, -0.1) is 10.2 Å². The van der Waals surface area contributed by atoms with E-state index in [-0.39, 0.29) is 11.7 Å². The van der Waals surface area contributed by atoms with Gasteiger partial charge in [-0.1, -0.05) is 42.6 Å². The molecule has 0 atom stereocenters. The number of rotatable bonds is 8. The zero-order valence-electron chi connectivity index (χ0n) is 19.2. The van der Waals surface area contributed by atoms with Gasteiger partial charge in [0.1, 0.15) is 12.4 Å². The first-order valence-electron chi connectivity index (χ1n) is 11.2. The molecule has 1 saturated carbocycles. The fourth-order valence-electron chi connectivity index (χ4n) is 4.17. The third-order valence-electron chi connectivity index (χ3n) is 5.89. The molecule has 176 valence electrons. The van der Waals surface area contributed by atoms with Gasteiger partial charge in [-0.3, -0.25) is 14.5 Å². The highest BCUT2D eigenvalue weighted by Gasteiger charge is 2.24.